The number of methoxy groups -OCH3 is 1. The number of carboxylic acids is 1. The van der Waals surface area contributed by atoms with Gasteiger partial charge in [0.1, 0.15) is 5.75 Å². The second-order valence-electron chi connectivity index (χ2n) is 6.03. The summed E-state index contributed by atoms with van der Waals surface area (Å²) in [5, 5.41) is 9.08. The molecule has 27 heavy (non-hydrogen) atoms. The van der Waals surface area contributed by atoms with Gasteiger partial charge in [-0.05, 0) is 42.5 Å². The molecule has 0 fully saturated rings. The molecule has 2 aromatic carbocycles. The van der Waals surface area contributed by atoms with Crippen molar-refractivity contribution in [3.63, 3.8) is 0 Å². The summed E-state index contributed by atoms with van der Waals surface area (Å²) in [5.41, 5.74) is 3.58. The third-order valence-electron chi connectivity index (χ3n) is 4.49. The molecule has 0 saturated carbocycles. The van der Waals surface area contributed by atoms with Crippen molar-refractivity contribution in [2.75, 3.05) is 12.0 Å². The van der Waals surface area contributed by atoms with E-state index in [0.717, 1.165) is 11.3 Å². The first-order valence-electron chi connectivity index (χ1n) is 8.30. The summed E-state index contributed by atoms with van der Waals surface area (Å²) >= 11 is 0. The molecule has 0 atom stereocenters. The molecule has 0 spiro atoms. The first-order chi connectivity index (χ1) is 13.1. The molecule has 1 amide bonds. The molecule has 134 valence electrons. The van der Waals surface area contributed by atoms with Crippen LogP contribution in [0.1, 0.15) is 21.6 Å². The van der Waals surface area contributed by atoms with E-state index in [2.05, 4.69) is 4.98 Å². The van der Waals surface area contributed by atoms with Crippen LogP contribution >= 0.6 is 0 Å². The van der Waals surface area contributed by atoms with Crippen molar-refractivity contribution in [1.82, 2.24) is 4.98 Å². The molecule has 0 aliphatic carbocycles. The Kier molecular flexibility index (Phi) is 4.01. The van der Waals surface area contributed by atoms with Crippen LogP contribution in [-0.2, 0) is 4.79 Å². The van der Waals surface area contributed by atoms with Gasteiger partial charge in [0.2, 0.25) is 0 Å². The van der Waals surface area contributed by atoms with Crippen molar-refractivity contribution in [3.8, 4) is 5.75 Å². The van der Waals surface area contributed by atoms with Crippen LogP contribution in [0.25, 0.3) is 11.6 Å². The lowest BCUT2D eigenvalue weighted by Crippen LogP contribution is -2.20. The van der Waals surface area contributed by atoms with Gasteiger partial charge in [0.25, 0.3) is 5.91 Å². The van der Waals surface area contributed by atoms with E-state index < -0.39 is 5.97 Å². The predicted molar refractivity (Wildman–Crippen MR) is 102 cm³/mol. The minimum absolute atomic E-state index is 0.172. The highest BCUT2D eigenvalue weighted by Crippen LogP contribution is 2.42. The molecule has 0 radical (unpaired) electrons. The van der Waals surface area contributed by atoms with Gasteiger partial charge < -0.3 is 14.8 Å². The summed E-state index contributed by atoms with van der Waals surface area (Å²) in [6, 6.07) is 15.5. The summed E-state index contributed by atoms with van der Waals surface area (Å²) in [4.78, 5) is 28.9. The molecule has 2 N–H and O–H groups in total. The summed E-state index contributed by atoms with van der Waals surface area (Å²) in [6.45, 7) is 0. The molecule has 0 bridgehead atoms. The maximum Gasteiger partial charge on any atom is 0.335 e. The van der Waals surface area contributed by atoms with Crippen LogP contribution in [0.5, 0.6) is 5.75 Å². The first kappa shape index (κ1) is 16.7. The van der Waals surface area contributed by atoms with E-state index in [9.17, 15) is 9.59 Å². The average Bonchev–Trinajstić information content (AvgIpc) is 3.25. The number of hydrogen-bond donors (Lipinski definition) is 2. The van der Waals surface area contributed by atoms with Gasteiger partial charge in [-0.15, -0.1) is 0 Å². The van der Waals surface area contributed by atoms with Crippen LogP contribution in [0.3, 0.4) is 0 Å². The Morgan fingerprint density at radius 3 is 2.56 bits per heavy atom. The van der Waals surface area contributed by atoms with E-state index in [4.69, 9.17) is 9.84 Å². The second kappa shape index (κ2) is 6.49. The Morgan fingerprint density at radius 2 is 1.85 bits per heavy atom. The van der Waals surface area contributed by atoms with Gasteiger partial charge in [-0.25, -0.2) is 4.79 Å². The van der Waals surface area contributed by atoms with Gasteiger partial charge in [0.05, 0.1) is 29.6 Å². The second-order valence-corrected chi connectivity index (χ2v) is 6.03. The minimum Gasteiger partial charge on any atom is -0.495 e. The van der Waals surface area contributed by atoms with Crippen LogP contribution < -0.4 is 9.64 Å². The molecule has 4 rings (SSSR count). The fraction of sp³-hybridized carbons (Fsp3) is 0.0476. The molecule has 2 heterocycles. The fourth-order valence-electron chi connectivity index (χ4n) is 3.19. The lowest BCUT2D eigenvalue weighted by atomic mass is 10.1. The number of H-pyrrole nitrogens is 1. The molecule has 1 aliphatic rings. The monoisotopic (exact) mass is 360 g/mol. The molecule has 6 heteroatoms. The van der Waals surface area contributed by atoms with Crippen molar-refractivity contribution in [1.29, 1.82) is 0 Å². The Balaban J connectivity index is 1.81. The number of aromatic amines is 1. The zero-order valence-electron chi connectivity index (χ0n) is 14.5. The van der Waals surface area contributed by atoms with Crippen LogP contribution in [-0.4, -0.2) is 29.1 Å². The lowest BCUT2D eigenvalue weighted by molar-refractivity contribution is -0.112. The number of anilines is 2. The molecular formula is C21H16N2O4. The largest absolute Gasteiger partial charge is 0.495 e. The SMILES string of the molecule is COc1cc[nH]c1C=C1C(=O)N(c2ccc(C(=O)O)cc2)c2ccccc21. The highest BCUT2D eigenvalue weighted by Gasteiger charge is 2.33. The molecule has 1 aromatic heterocycles. The Bertz CT molecular complexity index is 1060. The number of hydrogen-bond acceptors (Lipinski definition) is 3. The number of nitrogens with one attached hydrogen (secondary N) is 1. The number of rotatable bonds is 4. The lowest BCUT2D eigenvalue weighted by Gasteiger charge is -2.17. The molecular weight excluding hydrogens is 344 g/mol. The number of fused-ring (bicyclic) bond motifs is 1. The normalized spacial score (nSPS) is 14.5. The number of benzene rings is 2. The van der Waals surface area contributed by atoms with E-state index in [-0.39, 0.29) is 11.5 Å². The van der Waals surface area contributed by atoms with Crippen molar-refractivity contribution in [3.05, 3.63) is 77.6 Å². The highest BCUT2D eigenvalue weighted by atomic mass is 16.5. The zero-order valence-corrected chi connectivity index (χ0v) is 14.5. The number of nitrogens with zero attached hydrogens (tertiary/aromatic N) is 1. The number of para-hydroxylation sites is 1. The number of carboxylic acid groups (broad SMARTS) is 1. The van der Waals surface area contributed by atoms with Crippen molar-refractivity contribution in [2.24, 2.45) is 0 Å². The van der Waals surface area contributed by atoms with Crippen LogP contribution in [0, 0.1) is 0 Å². The Labute approximate surface area is 155 Å². The number of ether oxygens (including phenoxy) is 1. The first-order valence-corrected chi connectivity index (χ1v) is 8.30. The van der Waals surface area contributed by atoms with E-state index in [1.54, 1.807) is 42.5 Å². The van der Waals surface area contributed by atoms with Gasteiger partial charge in [-0.3, -0.25) is 9.69 Å². The number of carbonyl (C=O) groups is 2. The third-order valence-corrected chi connectivity index (χ3v) is 4.49. The van der Waals surface area contributed by atoms with Gasteiger partial charge in [-0.2, -0.15) is 0 Å². The number of amides is 1. The topological polar surface area (TPSA) is 82.6 Å². The minimum atomic E-state index is -1.01. The summed E-state index contributed by atoms with van der Waals surface area (Å²) in [6.07, 6.45) is 3.52. The van der Waals surface area contributed by atoms with Gasteiger partial charge in [0, 0.05) is 17.4 Å². The fourth-order valence-corrected chi connectivity index (χ4v) is 3.19. The summed E-state index contributed by atoms with van der Waals surface area (Å²) in [7, 11) is 1.58. The zero-order chi connectivity index (χ0) is 19.0. The summed E-state index contributed by atoms with van der Waals surface area (Å²) in [5.74, 6) is -0.540. The molecule has 6 nitrogen and oxygen atoms in total. The van der Waals surface area contributed by atoms with Gasteiger partial charge in [-0.1, -0.05) is 18.2 Å². The molecule has 0 unspecified atom stereocenters. The standard InChI is InChI=1S/C21H16N2O4/c1-27-19-10-11-22-17(19)12-16-15-4-2-3-5-18(15)23(20(16)24)14-8-6-13(7-9-14)21(25)26/h2-12,22H,1H3,(H,25,26). The maximum atomic E-state index is 13.2. The summed E-state index contributed by atoms with van der Waals surface area (Å²) < 4.78 is 5.31. The third kappa shape index (κ3) is 2.77. The highest BCUT2D eigenvalue weighted by molar-refractivity contribution is 6.38. The molecule has 0 saturated heterocycles. The number of aromatic nitrogens is 1. The Morgan fingerprint density at radius 1 is 1.11 bits per heavy atom. The van der Waals surface area contributed by atoms with Crippen molar-refractivity contribution >= 4 is 34.9 Å². The molecule has 3 aromatic rings. The van der Waals surface area contributed by atoms with E-state index in [1.165, 1.54) is 12.1 Å². The number of carbonyl (C=O) groups excluding carboxylic acids is 1. The smallest absolute Gasteiger partial charge is 0.335 e. The van der Waals surface area contributed by atoms with Crippen molar-refractivity contribution in [2.45, 2.75) is 0 Å². The predicted octanol–water partition coefficient (Wildman–Crippen LogP) is 3.94. The van der Waals surface area contributed by atoms with Gasteiger partial charge in [0.15, 0.2) is 0 Å². The van der Waals surface area contributed by atoms with Crippen LogP contribution in [0.4, 0.5) is 11.4 Å². The van der Waals surface area contributed by atoms with E-state index >= 15 is 0 Å². The van der Waals surface area contributed by atoms with Gasteiger partial charge >= 0.3 is 5.97 Å². The van der Waals surface area contributed by atoms with E-state index in [1.807, 2.05) is 24.3 Å². The quantitative estimate of drug-likeness (QED) is 0.691. The van der Waals surface area contributed by atoms with Crippen molar-refractivity contribution < 1.29 is 19.4 Å². The molecule has 1 aliphatic heterocycles. The Hall–Kier alpha value is -3.80. The van der Waals surface area contributed by atoms with E-state index in [0.29, 0.717) is 22.7 Å². The maximum absolute atomic E-state index is 13.2. The van der Waals surface area contributed by atoms with Crippen LogP contribution in [0.15, 0.2) is 60.8 Å². The van der Waals surface area contributed by atoms with Crippen LogP contribution in [0.2, 0.25) is 0 Å². The average molecular weight is 360 g/mol. The number of aromatic carboxylic acids is 1.